The molecule has 2 heterocycles. The number of aromatic amines is 2. The van der Waals surface area contributed by atoms with Crippen LogP contribution in [0.4, 0.5) is 5.69 Å². The fraction of sp³-hybridized carbons (Fsp3) is 0.269. The molecule has 4 rings (SSSR count). The predicted molar refractivity (Wildman–Crippen MR) is 143 cm³/mol. The van der Waals surface area contributed by atoms with Crippen LogP contribution >= 0.6 is 11.8 Å². The second kappa shape index (κ2) is 10.9. The first-order valence-electron chi connectivity index (χ1n) is 11.7. The van der Waals surface area contributed by atoms with Crippen molar-refractivity contribution in [1.29, 1.82) is 0 Å². The number of aliphatic imine (C=N–C) groups is 1. The Kier molecular flexibility index (Phi) is 7.63. The molecule has 10 nitrogen and oxygen atoms in total. The van der Waals surface area contributed by atoms with Crippen molar-refractivity contribution in [2.75, 3.05) is 5.32 Å². The Morgan fingerprint density at radius 3 is 2.30 bits per heavy atom. The summed E-state index contributed by atoms with van der Waals surface area (Å²) >= 11 is 1.06. The van der Waals surface area contributed by atoms with Gasteiger partial charge in [0, 0.05) is 12.1 Å². The van der Waals surface area contributed by atoms with Gasteiger partial charge in [-0.3, -0.25) is 24.4 Å². The van der Waals surface area contributed by atoms with E-state index in [1.165, 1.54) is 0 Å². The van der Waals surface area contributed by atoms with Gasteiger partial charge in [-0.15, -0.1) is 0 Å². The molecule has 2 amide bonds. The van der Waals surface area contributed by atoms with Crippen LogP contribution < -0.4 is 21.9 Å². The number of carbonyl (C=O) groups excluding carboxylic acids is 2. The fourth-order valence-corrected chi connectivity index (χ4v) is 4.84. The molecule has 0 radical (unpaired) electrons. The Labute approximate surface area is 216 Å². The molecule has 0 unspecified atom stereocenters. The zero-order chi connectivity index (χ0) is 26.7. The number of aromatic hydroxyl groups is 1. The van der Waals surface area contributed by atoms with E-state index in [1.807, 2.05) is 45.0 Å². The molecule has 1 aromatic heterocycles. The fourth-order valence-electron chi connectivity index (χ4n) is 3.84. The van der Waals surface area contributed by atoms with Gasteiger partial charge in [0.05, 0.1) is 0 Å². The SMILES string of the molecule is Cc1ccc(NC(=O)C[C@@H]2SC(=N[C@H](c3ccc(C(C)C)cc3)c3c(O)[nH]c(=O)[nH]c3=O)NC2=O)cc1. The molecule has 1 fully saturated rings. The van der Waals surface area contributed by atoms with Crippen LogP contribution in [0.2, 0.25) is 0 Å². The standard InChI is InChI=1S/C26H27N5O5S/c1-13(2)15-6-8-16(9-7-15)21(20-23(34)29-25(36)30-24(20)35)28-26-31-22(33)18(37-26)12-19(32)27-17-10-4-14(3)5-11-17/h4-11,13,18,21H,12H2,1-3H3,(H,27,32)(H,28,31,33)(H3,29,30,34,35,36)/t18-,21+/m0/s1. The maximum Gasteiger partial charge on any atom is 0.328 e. The summed E-state index contributed by atoms with van der Waals surface area (Å²) in [6.45, 7) is 6.04. The molecule has 1 saturated heterocycles. The van der Waals surface area contributed by atoms with Gasteiger partial charge in [-0.25, -0.2) is 9.79 Å². The Morgan fingerprint density at radius 1 is 1.03 bits per heavy atom. The minimum absolute atomic E-state index is 0.0817. The minimum Gasteiger partial charge on any atom is -0.494 e. The average Bonchev–Trinajstić information content (AvgIpc) is 3.17. The van der Waals surface area contributed by atoms with Crippen LogP contribution in [0.25, 0.3) is 0 Å². The highest BCUT2D eigenvalue weighted by atomic mass is 32.2. The zero-order valence-electron chi connectivity index (χ0n) is 20.5. The summed E-state index contributed by atoms with van der Waals surface area (Å²) in [6.07, 6.45) is -0.0817. The van der Waals surface area contributed by atoms with Crippen LogP contribution in [-0.2, 0) is 9.59 Å². The zero-order valence-corrected chi connectivity index (χ0v) is 21.3. The Morgan fingerprint density at radius 2 is 1.68 bits per heavy atom. The van der Waals surface area contributed by atoms with E-state index in [9.17, 15) is 24.3 Å². The molecule has 1 aliphatic heterocycles. The van der Waals surface area contributed by atoms with Crippen LogP contribution in [0.1, 0.15) is 54.5 Å². The van der Waals surface area contributed by atoms with Crippen molar-refractivity contribution in [1.82, 2.24) is 15.3 Å². The topological polar surface area (TPSA) is 157 Å². The number of aryl methyl sites for hydroxylation is 1. The molecule has 11 heteroatoms. The summed E-state index contributed by atoms with van der Waals surface area (Å²) in [5, 5.41) is 15.3. The number of anilines is 1. The Hall–Kier alpha value is -4.12. The third-order valence-electron chi connectivity index (χ3n) is 5.88. The number of hydrogen-bond donors (Lipinski definition) is 5. The molecule has 3 aromatic rings. The number of carbonyl (C=O) groups is 2. The number of nitrogens with one attached hydrogen (secondary N) is 4. The number of nitrogens with zero attached hydrogens (tertiary/aromatic N) is 1. The van der Waals surface area contributed by atoms with Gasteiger partial charge in [0.1, 0.15) is 16.9 Å². The first-order chi connectivity index (χ1) is 17.6. The molecular weight excluding hydrogens is 494 g/mol. The third kappa shape index (κ3) is 6.18. The minimum atomic E-state index is -1.02. The summed E-state index contributed by atoms with van der Waals surface area (Å²) in [5.74, 6) is -1.05. The van der Waals surface area contributed by atoms with E-state index in [-0.39, 0.29) is 29.0 Å². The maximum absolute atomic E-state index is 12.6. The summed E-state index contributed by atoms with van der Waals surface area (Å²) in [4.78, 5) is 58.2. The number of H-pyrrole nitrogens is 2. The lowest BCUT2D eigenvalue weighted by Crippen LogP contribution is -2.29. The van der Waals surface area contributed by atoms with Gasteiger partial charge in [0.15, 0.2) is 5.17 Å². The van der Waals surface area contributed by atoms with E-state index in [4.69, 9.17) is 0 Å². The lowest BCUT2D eigenvalue weighted by molar-refractivity contribution is -0.122. The molecule has 37 heavy (non-hydrogen) atoms. The lowest BCUT2D eigenvalue weighted by Gasteiger charge is -2.15. The van der Waals surface area contributed by atoms with Gasteiger partial charge < -0.3 is 15.7 Å². The lowest BCUT2D eigenvalue weighted by atomic mass is 9.96. The molecular formula is C26H27N5O5S. The summed E-state index contributed by atoms with van der Waals surface area (Å²) in [6, 6.07) is 13.6. The maximum atomic E-state index is 12.6. The number of amidine groups is 1. The van der Waals surface area contributed by atoms with Gasteiger partial charge >= 0.3 is 5.69 Å². The van der Waals surface area contributed by atoms with Crippen molar-refractivity contribution < 1.29 is 14.7 Å². The molecule has 2 aromatic carbocycles. The summed E-state index contributed by atoms with van der Waals surface area (Å²) in [5.41, 5.74) is 1.51. The molecule has 1 aliphatic rings. The first-order valence-corrected chi connectivity index (χ1v) is 12.6. The Bertz CT molecular complexity index is 1460. The van der Waals surface area contributed by atoms with Crippen molar-refractivity contribution in [2.24, 2.45) is 4.99 Å². The number of benzene rings is 2. The quantitative estimate of drug-likeness (QED) is 0.322. The molecule has 192 valence electrons. The molecule has 5 N–H and O–H groups in total. The van der Waals surface area contributed by atoms with Crippen LogP contribution in [0.15, 0.2) is 63.1 Å². The van der Waals surface area contributed by atoms with Crippen LogP contribution in [-0.4, -0.2) is 37.3 Å². The number of hydrogen-bond acceptors (Lipinski definition) is 7. The molecule has 2 atom stereocenters. The summed E-state index contributed by atoms with van der Waals surface area (Å²) < 4.78 is 0. The molecule has 0 aliphatic carbocycles. The highest BCUT2D eigenvalue weighted by Gasteiger charge is 2.33. The van der Waals surface area contributed by atoms with Gasteiger partial charge in [-0.05, 0) is 36.1 Å². The first kappa shape index (κ1) is 26.0. The number of aromatic nitrogens is 2. The summed E-state index contributed by atoms with van der Waals surface area (Å²) in [7, 11) is 0. The van der Waals surface area contributed by atoms with E-state index in [1.54, 1.807) is 24.3 Å². The second-order valence-electron chi connectivity index (χ2n) is 9.04. The van der Waals surface area contributed by atoms with Crippen LogP contribution in [0.3, 0.4) is 0 Å². The van der Waals surface area contributed by atoms with Crippen LogP contribution in [0, 0.1) is 6.92 Å². The smallest absolute Gasteiger partial charge is 0.328 e. The Balaban J connectivity index is 1.60. The van der Waals surface area contributed by atoms with Crippen molar-refractivity contribution in [3.8, 4) is 5.88 Å². The largest absolute Gasteiger partial charge is 0.494 e. The van der Waals surface area contributed by atoms with Gasteiger partial charge in [0.2, 0.25) is 17.7 Å². The van der Waals surface area contributed by atoms with E-state index in [2.05, 4.69) is 25.6 Å². The number of rotatable bonds is 7. The number of thioether (sulfide) groups is 1. The van der Waals surface area contributed by atoms with Gasteiger partial charge in [0.25, 0.3) is 5.56 Å². The second-order valence-corrected chi connectivity index (χ2v) is 10.2. The normalized spacial score (nSPS) is 17.1. The van der Waals surface area contributed by atoms with E-state index in [0.29, 0.717) is 11.3 Å². The van der Waals surface area contributed by atoms with E-state index < -0.39 is 34.3 Å². The highest BCUT2D eigenvalue weighted by molar-refractivity contribution is 8.15. The molecule has 0 saturated carbocycles. The van der Waals surface area contributed by atoms with E-state index in [0.717, 1.165) is 22.9 Å². The molecule has 0 bridgehead atoms. The predicted octanol–water partition coefficient (Wildman–Crippen LogP) is 2.91. The third-order valence-corrected chi connectivity index (χ3v) is 6.98. The van der Waals surface area contributed by atoms with Crippen molar-refractivity contribution in [3.05, 3.63) is 91.6 Å². The molecule has 0 spiro atoms. The van der Waals surface area contributed by atoms with Crippen molar-refractivity contribution in [2.45, 2.75) is 44.4 Å². The van der Waals surface area contributed by atoms with Gasteiger partial charge in [-0.1, -0.05) is 67.6 Å². The van der Waals surface area contributed by atoms with Crippen molar-refractivity contribution >= 4 is 34.4 Å². The average molecular weight is 522 g/mol. The van der Waals surface area contributed by atoms with E-state index >= 15 is 0 Å². The van der Waals surface area contributed by atoms with Crippen molar-refractivity contribution in [3.63, 3.8) is 0 Å². The highest BCUT2D eigenvalue weighted by Crippen LogP contribution is 2.32. The number of amides is 2. The van der Waals surface area contributed by atoms with Gasteiger partial charge in [-0.2, -0.15) is 0 Å². The monoisotopic (exact) mass is 521 g/mol. The van der Waals surface area contributed by atoms with Crippen LogP contribution in [0.5, 0.6) is 5.88 Å².